The number of carbonyl (C=O) groups is 3. The fourth-order valence-corrected chi connectivity index (χ4v) is 2.61. The Bertz CT molecular complexity index is 912. The zero-order valence-corrected chi connectivity index (χ0v) is 17.1. The summed E-state index contributed by atoms with van der Waals surface area (Å²) in [5.41, 5.74) is 1.68. The molecule has 1 aliphatic rings. The van der Waals surface area contributed by atoms with Gasteiger partial charge in [-0.05, 0) is 25.2 Å². The number of nitrogens with one attached hydrogen (secondary N) is 1. The Morgan fingerprint density at radius 3 is 2.44 bits per heavy atom. The minimum absolute atomic E-state index is 0.0153. The molecule has 13 heteroatoms. The number of aromatic amines is 1. The van der Waals surface area contributed by atoms with Crippen LogP contribution in [0.25, 0.3) is 11.3 Å². The maximum absolute atomic E-state index is 12.1. The predicted octanol–water partition coefficient (Wildman–Crippen LogP) is 1.43. The van der Waals surface area contributed by atoms with Crippen LogP contribution in [0.15, 0.2) is 30.6 Å². The van der Waals surface area contributed by atoms with Crippen LogP contribution >= 0.6 is 0 Å². The van der Waals surface area contributed by atoms with Crippen molar-refractivity contribution in [3.8, 4) is 11.3 Å². The molecule has 174 valence electrons. The Kier molecular flexibility index (Phi) is 8.70. The number of pyridine rings is 1. The number of halogens is 3. The number of piperazine rings is 1. The van der Waals surface area contributed by atoms with E-state index >= 15 is 0 Å². The van der Waals surface area contributed by atoms with Crippen LogP contribution in [0.5, 0.6) is 0 Å². The molecule has 2 aromatic rings. The maximum atomic E-state index is 12.1. The quantitative estimate of drug-likeness (QED) is 0.646. The van der Waals surface area contributed by atoms with Gasteiger partial charge in [-0.15, -0.1) is 0 Å². The first kappa shape index (κ1) is 24.8. The minimum Gasteiger partial charge on any atom is -0.475 e. The number of H-pyrrole nitrogens is 1. The lowest BCUT2D eigenvalue weighted by Gasteiger charge is -2.32. The summed E-state index contributed by atoms with van der Waals surface area (Å²) in [4.78, 5) is 41.1. The standard InChI is InChI=1S/C17H21N5O3.C2HF3O2/c1-21-6-8-22(9-7-21)16(23)4-10-25-17(24)15-11-14(19-20-15)13-3-2-5-18-12-13;3-2(4,5)1(6)7/h2-3,5,11-12H,4,6-10H2,1H3,(H,19,20);(H,6,7). The molecule has 0 aliphatic carbocycles. The first-order valence-corrected chi connectivity index (χ1v) is 9.47. The van der Waals surface area contributed by atoms with Crippen LogP contribution < -0.4 is 0 Å². The average Bonchev–Trinajstić information content (AvgIpc) is 3.25. The van der Waals surface area contributed by atoms with Crippen molar-refractivity contribution in [2.45, 2.75) is 12.6 Å². The number of likely N-dealkylation sites (N-methyl/N-ethyl adjacent to an activating group) is 1. The number of nitrogens with zero attached hydrogens (tertiary/aromatic N) is 4. The highest BCUT2D eigenvalue weighted by molar-refractivity contribution is 5.88. The van der Waals surface area contributed by atoms with E-state index in [4.69, 9.17) is 14.6 Å². The van der Waals surface area contributed by atoms with Gasteiger partial charge in [0.15, 0.2) is 0 Å². The second-order valence-electron chi connectivity index (χ2n) is 6.78. The van der Waals surface area contributed by atoms with Crippen molar-refractivity contribution in [1.82, 2.24) is 25.0 Å². The van der Waals surface area contributed by atoms with E-state index in [1.807, 2.05) is 18.0 Å². The second kappa shape index (κ2) is 11.2. The molecule has 10 nitrogen and oxygen atoms in total. The summed E-state index contributed by atoms with van der Waals surface area (Å²) in [6.07, 6.45) is -1.55. The van der Waals surface area contributed by atoms with Gasteiger partial charge in [-0.2, -0.15) is 18.3 Å². The molecule has 0 saturated carbocycles. The van der Waals surface area contributed by atoms with Crippen LogP contribution in [0.1, 0.15) is 16.9 Å². The molecule has 3 rings (SSSR count). The zero-order valence-electron chi connectivity index (χ0n) is 17.1. The highest BCUT2D eigenvalue weighted by atomic mass is 19.4. The van der Waals surface area contributed by atoms with Crippen molar-refractivity contribution in [2.75, 3.05) is 39.8 Å². The van der Waals surface area contributed by atoms with Crippen LogP contribution in [0, 0.1) is 0 Å². The van der Waals surface area contributed by atoms with Gasteiger partial charge in [-0.25, -0.2) is 9.59 Å². The van der Waals surface area contributed by atoms with Crippen molar-refractivity contribution < 1.29 is 37.4 Å². The van der Waals surface area contributed by atoms with Crippen molar-refractivity contribution in [3.05, 3.63) is 36.3 Å². The fraction of sp³-hybridized carbons (Fsp3) is 0.421. The second-order valence-corrected chi connectivity index (χ2v) is 6.78. The van der Waals surface area contributed by atoms with E-state index in [0.29, 0.717) is 5.69 Å². The minimum atomic E-state index is -5.08. The lowest BCUT2D eigenvalue weighted by molar-refractivity contribution is -0.192. The largest absolute Gasteiger partial charge is 0.490 e. The number of aromatic nitrogens is 3. The van der Waals surface area contributed by atoms with Gasteiger partial charge < -0.3 is 19.6 Å². The number of carboxylic acid groups (broad SMARTS) is 1. The molecule has 2 N–H and O–H groups in total. The van der Waals surface area contributed by atoms with Crippen LogP contribution in [-0.2, 0) is 14.3 Å². The van der Waals surface area contributed by atoms with E-state index in [2.05, 4.69) is 20.1 Å². The normalized spacial score (nSPS) is 14.3. The van der Waals surface area contributed by atoms with Crippen LogP contribution in [0.3, 0.4) is 0 Å². The van der Waals surface area contributed by atoms with E-state index in [-0.39, 0.29) is 24.6 Å². The van der Waals surface area contributed by atoms with Gasteiger partial charge >= 0.3 is 18.1 Å². The summed E-state index contributed by atoms with van der Waals surface area (Å²) in [5.74, 6) is -3.26. The van der Waals surface area contributed by atoms with Crippen molar-refractivity contribution in [1.29, 1.82) is 0 Å². The summed E-state index contributed by atoms with van der Waals surface area (Å²) in [6.45, 7) is 3.25. The van der Waals surface area contributed by atoms with Gasteiger partial charge in [-0.1, -0.05) is 0 Å². The molecule has 0 radical (unpaired) electrons. The summed E-state index contributed by atoms with van der Waals surface area (Å²) in [5, 5.41) is 13.9. The maximum Gasteiger partial charge on any atom is 0.490 e. The zero-order chi connectivity index (χ0) is 23.7. The van der Waals surface area contributed by atoms with Crippen molar-refractivity contribution in [3.63, 3.8) is 0 Å². The van der Waals surface area contributed by atoms with Gasteiger partial charge in [-0.3, -0.25) is 14.9 Å². The van der Waals surface area contributed by atoms with Gasteiger partial charge in [0.2, 0.25) is 5.91 Å². The molecular formula is C19H22F3N5O5. The van der Waals surface area contributed by atoms with E-state index in [1.165, 1.54) is 0 Å². The van der Waals surface area contributed by atoms with Gasteiger partial charge in [0.05, 0.1) is 12.1 Å². The van der Waals surface area contributed by atoms with Crippen LogP contribution in [-0.4, -0.2) is 93.9 Å². The third-order valence-corrected chi connectivity index (χ3v) is 4.40. The number of carbonyl (C=O) groups excluding carboxylic acids is 2. The van der Waals surface area contributed by atoms with Gasteiger partial charge in [0, 0.05) is 44.1 Å². The molecule has 1 saturated heterocycles. The van der Waals surface area contributed by atoms with E-state index in [0.717, 1.165) is 31.7 Å². The number of amides is 1. The summed E-state index contributed by atoms with van der Waals surface area (Å²) < 4.78 is 36.9. The number of hydrogen-bond acceptors (Lipinski definition) is 7. The van der Waals surface area contributed by atoms with Gasteiger partial charge in [0.25, 0.3) is 0 Å². The molecule has 0 spiro atoms. The molecule has 1 aliphatic heterocycles. The molecule has 0 bridgehead atoms. The highest BCUT2D eigenvalue weighted by Gasteiger charge is 2.38. The Morgan fingerprint density at radius 1 is 1.22 bits per heavy atom. The van der Waals surface area contributed by atoms with E-state index < -0.39 is 18.1 Å². The van der Waals surface area contributed by atoms with Crippen molar-refractivity contribution in [2.24, 2.45) is 0 Å². The Hall–Kier alpha value is -3.48. The molecule has 2 aromatic heterocycles. The third-order valence-electron chi connectivity index (χ3n) is 4.40. The Balaban J connectivity index is 0.000000451. The molecule has 1 amide bonds. The van der Waals surface area contributed by atoms with Crippen LogP contribution in [0.4, 0.5) is 13.2 Å². The Labute approximate surface area is 181 Å². The highest BCUT2D eigenvalue weighted by Crippen LogP contribution is 2.16. The third kappa shape index (κ3) is 7.65. The number of carboxylic acids is 1. The smallest absolute Gasteiger partial charge is 0.475 e. The number of rotatable bonds is 5. The fourth-order valence-electron chi connectivity index (χ4n) is 2.61. The number of aliphatic carboxylic acids is 1. The van der Waals surface area contributed by atoms with Crippen LogP contribution in [0.2, 0.25) is 0 Å². The molecule has 32 heavy (non-hydrogen) atoms. The predicted molar refractivity (Wildman–Crippen MR) is 104 cm³/mol. The molecule has 3 heterocycles. The molecule has 0 unspecified atom stereocenters. The summed E-state index contributed by atoms with van der Waals surface area (Å²) in [7, 11) is 2.04. The lowest BCUT2D eigenvalue weighted by atomic mass is 10.2. The molecule has 1 fully saturated rings. The first-order chi connectivity index (χ1) is 15.1. The number of ether oxygens (including phenoxy) is 1. The molecule has 0 atom stereocenters. The van der Waals surface area contributed by atoms with Gasteiger partial charge in [0.1, 0.15) is 12.3 Å². The summed E-state index contributed by atoms with van der Waals surface area (Å²) in [6, 6.07) is 5.26. The topological polar surface area (TPSA) is 129 Å². The monoisotopic (exact) mass is 457 g/mol. The molecule has 0 aromatic carbocycles. The number of alkyl halides is 3. The summed E-state index contributed by atoms with van der Waals surface area (Å²) >= 11 is 0. The van der Waals surface area contributed by atoms with E-state index in [9.17, 15) is 22.8 Å². The first-order valence-electron chi connectivity index (χ1n) is 9.47. The average molecular weight is 457 g/mol. The number of hydrogen-bond donors (Lipinski definition) is 2. The van der Waals surface area contributed by atoms with E-state index in [1.54, 1.807) is 24.5 Å². The molecular weight excluding hydrogens is 435 g/mol. The Morgan fingerprint density at radius 2 is 1.88 bits per heavy atom. The SMILES string of the molecule is CN1CCN(C(=O)CCOC(=O)c2cc(-c3cccnc3)n[nH]2)CC1.O=C(O)C(F)(F)F. The van der Waals surface area contributed by atoms with Crippen molar-refractivity contribution >= 4 is 17.8 Å². The lowest BCUT2D eigenvalue weighted by Crippen LogP contribution is -2.47. The number of esters is 1.